The van der Waals surface area contributed by atoms with E-state index in [-0.39, 0.29) is 29.6 Å². The Morgan fingerprint density at radius 3 is 2.74 bits per heavy atom. The van der Waals surface area contributed by atoms with Crippen LogP contribution >= 0.6 is 11.8 Å². The molecule has 0 bridgehead atoms. The van der Waals surface area contributed by atoms with E-state index < -0.39 is 0 Å². The lowest BCUT2D eigenvalue weighted by Gasteiger charge is -2.32. The van der Waals surface area contributed by atoms with Crippen molar-refractivity contribution >= 4 is 23.6 Å². The maximum Gasteiger partial charge on any atom is 0.289 e. The minimum atomic E-state index is -0.278. The standard InChI is InChI=1S/C20H21FN2O3S/c21-14-3-4-18-15(12-14)16(7-11-27-18)22-19(24)13-5-8-23(9-6-13)20(25)17-2-1-10-26-17/h1-4,10,12-13,16H,5-9,11H2,(H,22,24). The fourth-order valence-electron chi connectivity index (χ4n) is 3.71. The van der Waals surface area contributed by atoms with E-state index in [1.165, 1.54) is 18.4 Å². The molecule has 5 nitrogen and oxygen atoms in total. The molecule has 0 saturated carbocycles. The first-order chi connectivity index (χ1) is 13.1. The number of piperidine rings is 1. The van der Waals surface area contributed by atoms with E-state index in [0.29, 0.717) is 31.7 Å². The number of furan rings is 1. The minimum Gasteiger partial charge on any atom is -0.459 e. The average Bonchev–Trinajstić information content (AvgIpc) is 3.23. The summed E-state index contributed by atoms with van der Waals surface area (Å²) in [6.45, 7) is 1.06. The van der Waals surface area contributed by atoms with Crippen LogP contribution in [0.1, 0.15) is 41.4 Å². The number of likely N-dealkylation sites (tertiary alicyclic amines) is 1. The Labute approximate surface area is 161 Å². The molecule has 2 aromatic rings. The molecule has 1 fully saturated rings. The zero-order valence-electron chi connectivity index (χ0n) is 14.8. The van der Waals surface area contributed by atoms with Gasteiger partial charge in [0.15, 0.2) is 5.76 Å². The normalized spacial score (nSPS) is 20.2. The topological polar surface area (TPSA) is 62.6 Å². The van der Waals surface area contributed by atoms with Gasteiger partial charge in [0, 0.05) is 29.7 Å². The number of nitrogens with one attached hydrogen (secondary N) is 1. The Balaban J connectivity index is 1.36. The molecule has 2 aliphatic rings. The lowest BCUT2D eigenvalue weighted by Crippen LogP contribution is -2.44. The van der Waals surface area contributed by atoms with Gasteiger partial charge in [-0.05, 0) is 55.2 Å². The molecule has 142 valence electrons. The van der Waals surface area contributed by atoms with Gasteiger partial charge in [-0.1, -0.05) is 0 Å². The van der Waals surface area contributed by atoms with Crippen molar-refractivity contribution in [2.75, 3.05) is 18.8 Å². The second-order valence-electron chi connectivity index (χ2n) is 6.92. The molecule has 1 N–H and O–H groups in total. The predicted octanol–water partition coefficient (Wildman–Crippen LogP) is 3.62. The monoisotopic (exact) mass is 388 g/mol. The fourth-order valence-corrected chi connectivity index (χ4v) is 4.81. The summed E-state index contributed by atoms with van der Waals surface area (Å²) in [6, 6.07) is 7.97. The molecule has 0 aliphatic carbocycles. The van der Waals surface area contributed by atoms with Crippen molar-refractivity contribution in [2.45, 2.75) is 30.2 Å². The lowest BCUT2D eigenvalue weighted by molar-refractivity contribution is -0.127. The Bertz CT molecular complexity index is 832. The van der Waals surface area contributed by atoms with E-state index in [0.717, 1.165) is 22.6 Å². The van der Waals surface area contributed by atoms with Crippen molar-refractivity contribution in [3.8, 4) is 0 Å². The van der Waals surface area contributed by atoms with Gasteiger partial charge in [-0.3, -0.25) is 9.59 Å². The van der Waals surface area contributed by atoms with E-state index in [9.17, 15) is 14.0 Å². The van der Waals surface area contributed by atoms with Crippen molar-refractivity contribution in [3.63, 3.8) is 0 Å². The van der Waals surface area contributed by atoms with Gasteiger partial charge in [0.25, 0.3) is 5.91 Å². The summed E-state index contributed by atoms with van der Waals surface area (Å²) in [5.41, 5.74) is 0.866. The molecule has 4 rings (SSSR count). The molecule has 2 aliphatic heterocycles. The third-order valence-corrected chi connectivity index (χ3v) is 6.34. The van der Waals surface area contributed by atoms with E-state index >= 15 is 0 Å². The Hall–Kier alpha value is -2.28. The van der Waals surface area contributed by atoms with Crippen LogP contribution in [0, 0.1) is 11.7 Å². The molecular formula is C20H21FN2O3S. The number of hydrogen-bond acceptors (Lipinski definition) is 4. The van der Waals surface area contributed by atoms with Crippen LogP contribution in [0.15, 0.2) is 45.9 Å². The number of carbonyl (C=O) groups excluding carboxylic acids is 2. The van der Waals surface area contributed by atoms with Gasteiger partial charge in [0.2, 0.25) is 5.91 Å². The summed E-state index contributed by atoms with van der Waals surface area (Å²) in [5.74, 6) is 0.688. The number of rotatable bonds is 3. The highest BCUT2D eigenvalue weighted by atomic mass is 32.2. The summed E-state index contributed by atoms with van der Waals surface area (Å²) >= 11 is 1.69. The number of hydrogen-bond donors (Lipinski definition) is 1. The molecule has 0 radical (unpaired) electrons. The number of fused-ring (bicyclic) bond motifs is 1. The minimum absolute atomic E-state index is 0.00721. The maximum absolute atomic E-state index is 13.6. The molecule has 1 aromatic heterocycles. The van der Waals surface area contributed by atoms with Crippen molar-refractivity contribution in [3.05, 3.63) is 53.7 Å². The number of halogens is 1. The highest BCUT2D eigenvalue weighted by Crippen LogP contribution is 2.36. The van der Waals surface area contributed by atoms with Crippen molar-refractivity contribution in [1.82, 2.24) is 10.2 Å². The van der Waals surface area contributed by atoms with E-state index in [1.54, 1.807) is 34.9 Å². The van der Waals surface area contributed by atoms with E-state index in [4.69, 9.17) is 4.42 Å². The number of nitrogens with zero attached hydrogens (tertiary/aromatic N) is 1. The van der Waals surface area contributed by atoms with Crippen molar-refractivity contribution in [2.24, 2.45) is 5.92 Å². The lowest BCUT2D eigenvalue weighted by atomic mass is 9.94. The van der Waals surface area contributed by atoms with Gasteiger partial charge in [0.1, 0.15) is 5.82 Å². The second-order valence-corrected chi connectivity index (χ2v) is 8.06. The quantitative estimate of drug-likeness (QED) is 0.872. The molecule has 0 spiro atoms. The molecule has 1 atom stereocenters. The molecule has 1 unspecified atom stereocenters. The first-order valence-corrected chi connectivity index (χ1v) is 10.2. The number of benzene rings is 1. The van der Waals surface area contributed by atoms with Gasteiger partial charge in [-0.2, -0.15) is 0 Å². The smallest absolute Gasteiger partial charge is 0.289 e. The third-order valence-electron chi connectivity index (χ3n) is 5.21. The van der Waals surface area contributed by atoms with E-state index in [1.807, 2.05) is 0 Å². The van der Waals surface area contributed by atoms with E-state index in [2.05, 4.69) is 5.32 Å². The molecule has 7 heteroatoms. The summed E-state index contributed by atoms with van der Waals surface area (Å²) in [4.78, 5) is 27.8. The molecule has 2 amide bonds. The molecule has 1 saturated heterocycles. The SMILES string of the molecule is O=C(NC1CCSc2ccc(F)cc21)C1CCN(C(=O)c2ccco2)CC1. The van der Waals surface area contributed by atoms with Gasteiger partial charge in [-0.15, -0.1) is 11.8 Å². The summed E-state index contributed by atoms with van der Waals surface area (Å²) in [7, 11) is 0. The summed E-state index contributed by atoms with van der Waals surface area (Å²) in [6.07, 6.45) is 3.52. The zero-order chi connectivity index (χ0) is 18.8. The van der Waals surface area contributed by atoms with Crippen LogP contribution in [0.3, 0.4) is 0 Å². The Morgan fingerprint density at radius 2 is 2.00 bits per heavy atom. The van der Waals surface area contributed by atoms with Crippen LogP contribution in [-0.4, -0.2) is 35.6 Å². The second kappa shape index (κ2) is 7.76. The highest BCUT2D eigenvalue weighted by molar-refractivity contribution is 7.99. The summed E-state index contributed by atoms with van der Waals surface area (Å²) in [5, 5.41) is 3.10. The molecule has 1 aromatic carbocycles. The molecule has 27 heavy (non-hydrogen) atoms. The van der Waals surface area contributed by atoms with Crippen LogP contribution in [0.25, 0.3) is 0 Å². The van der Waals surface area contributed by atoms with Gasteiger partial charge < -0.3 is 14.6 Å². The van der Waals surface area contributed by atoms with Crippen molar-refractivity contribution < 1.29 is 18.4 Å². The average molecular weight is 388 g/mol. The summed E-state index contributed by atoms with van der Waals surface area (Å²) < 4.78 is 18.8. The molecular weight excluding hydrogens is 367 g/mol. The largest absolute Gasteiger partial charge is 0.459 e. The van der Waals surface area contributed by atoms with Crippen LogP contribution < -0.4 is 5.32 Å². The first-order valence-electron chi connectivity index (χ1n) is 9.17. The Morgan fingerprint density at radius 1 is 1.19 bits per heavy atom. The van der Waals surface area contributed by atoms with Crippen LogP contribution in [-0.2, 0) is 4.79 Å². The van der Waals surface area contributed by atoms with Gasteiger partial charge in [0.05, 0.1) is 12.3 Å². The highest BCUT2D eigenvalue weighted by Gasteiger charge is 2.31. The first kappa shape index (κ1) is 18.1. The number of amides is 2. The number of thioether (sulfide) groups is 1. The maximum atomic E-state index is 13.6. The van der Waals surface area contributed by atoms with Crippen LogP contribution in [0.5, 0.6) is 0 Å². The zero-order valence-corrected chi connectivity index (χ0v) is 15.6. The number of carbonyl (C=O) groups is 2. The Kier molecular flexibility index (Phi) is 5.20. The van der Waals surface area contributed by atoms with Gasteiger partial charge in [-0.25, -0.2) is 4.39 Å². The van der Waals surface area contributed by atoms with Crippen molar-refractivity contribution in [1.29, 1.82) is 0 Å². The van der Waals surface area contributed by atoms with Gasteiger partial charge >= 0.3 is 0 Å². The fraction of sp³-hybridized carbons (Fsp3) is 0.400. The van der Waals surface area contributed by atoms with Crippen LogP contribution in [0.2, 0.25) is 0 Å². The third kappa shape index (κ3) is 3.88. The molecule has 3 heterocycles. The van der Waals surface area contributed by atoms with Crippen LogP contribution in [0.4, 0.5) is 4.39 Å². The predicted molar refractivity (Wildman–Crippen MR) is 100.0 cm³/mol.